The number of rotatable bonds is 5. The number of benzene rings is 3. The van der Waals surface area contributed by atoms with Gasteiger partial charge in [0.25, 0.3) is 5.91 Å². The van der Waals surface area contributed by atoms with Crippen LogP contribution in [0.4, 0.5) is 17.1 Å². The van der Waals surface area contributed by atoms with Crippen molar-refractivity contribution in [1.29, 1.82) is 0 Å². The van der Waals surface area contributed by atoms with E-state index < -0.39 is 10.0 Å². The maximum atomic E-state index is 13.3. The van der Waals surface area contributed by atoms with E-state index in [-0.39, 0.29) is 23.3 Å². The van der Waals surface area contributed by atoms with Crippen molar-refractivity contribution in [1.82, 2.24) is 0 Å². The third-order valence-corrected chi connectivity index (χ3v) is 6.95. The number of carbonyl (C=O) groups is 2. The summed E-state index contributed by atoms with van der Waals surface area (Å²) in [6, 6.07) is 18.1. The van der Waals surface area contributed by atoms with Crippen LogP contribution in [0.1, 0.15) is 28.8 Å². The van der Waals surface area contributed by atoms with Gasteiger partial charge in [0.15, 0.2) is 0 Å². The lowest BCUT2D eigenvalue weighted by Gasteiger charge is -2.29. The van der Waals surface area contributed by atoms with Gasteiger partial charge in [0, 0.05) is 36.4 Å². The highest BCUT2D eigenvalue weighted by Crippen LogP contribution is 2.34. The Labute approximate surface area is 203 Å². The van der Waals surface area contributed by atoms with Gasteiger partial charge in [0.05, 0.1) is 11.9 Å². The molecular weight excluding hydrogens is 466 g/mol. The minimum atomic E-state index is -3.58. The molecule has 2 aliphatic heterocycles. The average molecular weight is 492 g/mol. The molecule has 3 aromatic rings. The molecule has 0 radical (unpaired) electrons. The molecule has 0 saturated carbocycles. The van der Waals surface area contributed by atoms with E-state index in [1.54, 1.807) is 11.0 Å². The number of amides is 2. The molecule has 35 heavy (non-hydrogen) atoms. The van der Waals surface area contributed by atoms with Crippen LogP contribution in [-0.2, 0) is 21.2 Å². The van der Waals surface area contributed by atoms with Crippen molar-refractivity contribution in [3.05, 3.63) is 71.8 Å². The molecule has 2 amide bonds. The highest BCUT2D eigenvalue weighted by Gasteiger charge is 2.27. The van der Waals surface area contributed by atoms with Crippen LogP contribution in [0.5, 0.6) is 5.75 Å². The predicted octanol–water partition coefficient (Wildman–Crippen LogP) is 3.76. The quantitative estimate of drug-likeness (QED) is 0.529. The van der Waals surface area contributed by atoms with Gasteiger partial charge in [0.1, 0.15) is 5.75 Å². The zero-order valence-electron chi connectivity index (χ0n) is 19.2. The van der Waals surface area contributed by atoms with E-state index in [4.69, 9.17) is 0 Å². The number of hydrogen-bond donors (Lipinski definition) is 2. The molecule has 2 aliphatic rings. The maximum absolute atomic E-state index is 13.3. The lowest BCUT2D eigenvalue weighted by atomic mass is 9.93. The Morgan fingerprint density at radius 1 is 0.829 bits per heavy atom. The minimum absolute atomic E-state index is 0.0259. The van der Waals surface area contributed by atoms with Gasteiger partial charge in [-0.25, -0.2) is 8.42 Å². The smallest absolute Gasteiger partial charge is 0.258 e. The molecule has 8 nitrogen and oxygen atoms in total. The first-order valence-corrected chi connectivity index (χ1v) is 13.3. The van der Waals surface area contributed by atoms with Crippen LogP contribution >= 0.6 is 0 Å². The molecule has 2 heterocycles. The molecule has 0 aliphatic carbocycles. The third-order valence-electron chi connectivity index (χ3n) is 6.36. The molecular formula is C26H25N3O5S. The van der Waals surface area contributed by atoms with Crippen LogP contribution in [0.2, 0.25) is 0 Å². The van der Waals surface area contributed by atoms with Crippen LogP contribution in [0.25, 0.3) is 11.1 Å². The lowest BCUT2D eigenvalue weighted by molar-refractivity contribution is -0.117. The number of fused-ring (bicyclic) bond motifs is 1. The number of aromatic hydroxyl groups is 1. The molecule has 0 atom stereocenters. The topological polar surface area (TPSA) is 107 Å². The molecule has 180 valence electrons. The van der Waals surface area contributed by atoms with Crippen molar-refractivity contribution in [2.45, 2.75) is 19.3 Å². The van der Waals surface area contributed by atoms with Crippen LogP contribution in [-0.4, -0.2) is 44.7 Å². The molecule has 1 fully saturated rings. The largest absolute Gasteiger partial charge is 0.506 e. The van der Waals surface area contributed by atoms with E-state index in [9.17, 15) is 23.1 Å². The standard InChI is InChI=1S/C26H25N3O5S/c1-35(33,34)27-23-16-21(9-11-24(23)30)29-14-12-19-15-18(6-10-22(19)26(29)32)17-4-7-20(8-5-17)28-13-2-3-25(28)31/h4-11,15-16,27,30H,2-3,12-14H2,1H3. The minimum Gasteiger partial charge on any atom is -0.506 e. The zero-order chi connectivity index (χ0) is 24.7. The molecule has 0 aromatic heterocycles. The maximum Gasteiger partial charge on any atom is 0.258 e. The SMILES string of the molecule is CS(=O)(=O)Nc1cc(N2CCc3cc(-c4ccc(N5CCCC5=O)cc4)ccc3C2=O)ccc1O. The van der Waals surface area contributed by atoms with Gasteiger partial charge in [0.2, 0.25) is 15.9 Å². The fourth-order valence-corrected chi connectivity index (χ4v) is 5.21. The number of nitrogens with one attached hydrogen (secondary N) is 1. The molecule has 0 bridgehead atoms. The number of carbonyl (C=O) groups excluding carboxylic acids is 2. The average Bonchev–Trinajstić information content (AvgIpc) is 3.26. The van der Waals surface area contributed by atoms with Gasteiger partial charge in [-0.05, 0) is 65.9 Å². The van der Waals surface area contributed by atoms with Gasteiger partial charge in [-0.15, -0.1) is 0 Å². The molecule has 0 unspecified atom stereocenters. The normalized spacial score (nSPS) is 15.9. The lowest BCUT2D eigenvalue weighted by Crippen LogP contribution is -2.37. The van der Waals surface area contributed by atoms with Gasteiger partial charge < -0.3 is 14.9 Å². The van der Waals surface area contributed by atoms with Crippen molar-refractivity contribution in [2.24, 2.45) is 0 Å². The number of anilines is 3. The van der Waals surface area contributed by atoms with Crippen molar-refractivity contribution in [2.75, 3.05) is 33.9 Å². The first-order valence-electron chi connectivity index (χ1n) is 11.4. The van der Waals surface area contributed by atoms with Crippen LogP contribution in [0, 0.1) is 0 Å². The molecule has 9 heteroatoms. The summed E-state index contributed by atoms with van der Waals surface area (Å²) >= 11 is 0. The summed E-state index contributed by atoms with van der Waals surface area (Å²) in [6.45, 7) is 1.18. The second-order valence-corrected chi connectivity index (χ2v) is 10.6. The summed E-state index contributed by atoms with van der Waals surface area (Å²) in [5.41, 5.74) is 4.96. The summed E-state index contributed by atoms with van der Waals surface area (Å²) < 4.78 is 25.5. The predicted molar refractivity (Wildman–Crippen MR) is 135 cm³/mol. The van der Waals surface area contributed by atoms with Crippen molar-refractivity contribution in [3.8, 4) is 16.9 Å². The highest BCUT2D eigenvalue weighted by molar-refractivity contribution is 7.92. The molecule has 5 rings (SSSR count). The zero-order valence-corrected chi connectivity index (χ0v) is 20.0. The number of phenols is 1. The van der Waals surface area contributed by atoms with Crippen molar-refractivity contribution in [3.63, 3.8) is 0 Å². The van der Waals surface area contributed by atoms with Crippen LogP contribution < -0.4 is 14.5 Å². The fourth-order valence-electron chi connectivity index (χ4n) is 4.64. The van der Waals surface area contributed by atoms with Gasteiger partial charge in [-0.1, -0.05) is 24.3 Å². The molecule has 0 spiro atoms. The van der Waals surface area contributed by atoms with E-state index in [1.165, 1.54) is 12.1 Å². The van der Waals surface area contributed by atoms with Crippen LogP contribution in [0.3, 0.4) is 0 Å². The number of phenolic OH excluding ortho intramolecular Hbond substituents is 1. The van der Waals surface area contributed by atoms with E-state index in [2.05, 4.69) is 4.72 Å². The monoisotopic (exact) mass is 491 g/mol. The summed E-state index contributed by atoms with van der Waals surface area (Å²) in [4.78, 5) is 28.6. The highest BCUT2D eigenvalue weighted by atomic mass is 32.2. The summed E-state index contributed by atoms with van der Waals surface area (Å²) in [5.74, 6) is -0.243. The van der Waals surface area contributed by atoms with Gasteiger partial charge in [-0.2, -0.15) is 0 Å². The number of nitrogens with zero attached hydrogens (tertiary/aromatic N) is 2. The van der Waals surface area contributed by atoms with Gasteiger partial charge in [-0.3, -0.25) is 14.3 Å². The van der Waals surface area contributed by atoms with Crippen molar-refractivity contribution >= 4 is 38.9 Å². The Kier molecular flexibility index (Phi) is 5.72. The molecule has 3 aromatic carbocycles. The van der Waals surface area contributed by atoms with Crippen LogP contribution in [0.15, 0.2) is 60.7 Å². The van der Waals surface area contributed by atoms with Crippen molar-refractivity contribution < 1.29 is 23.1 Å². The second-order valence-electron chi connectivity index (χ2n) is 8.85. The Morgan fingerprint density at radius 2 is 1.54 bits per heavy atom. The van der Waals surface area contributed by atoms with E-state index in [0.29, 0.717) is 30.6 Å². The fraction of sp³-hybridized carbons (Fsp3) is 0.231. The van der Waals surface area contributed by atoms with E-state index in [1.807, 2.05) is 47.4 Å². The first kappa shape index (κ1) is 22.9. The molecule has 2 N–H and O–H groups in total. The summed E-state index contributed by atoms with van der Waals surface area (Å²) in [6.07, 6.45) is 3.11. The number of hydrogen-bond acceptors (Lipinski definition) is 5. The Balaban J connectivity index is 1.38. The molecule has 1 saturated heterocycles. The number of sulfonamides is 1. The second kappa shape index (κ2) is 8.74. The van der Waals surface area contributed by atoms with E-state index in [0.717, 1.165) is 41.6 Å². The summed E-state index contributed by atoms with van der Waals surface area (Å²) in [7, 11) is -3.58. The van der Waals surface area contributed by atoms with E-state index >= 15 is 0 Å². The summed E-state index contributed by atoms with van der Waals surface area (Å²) in [5, 5.41) is 10.0. The van der Waals surface area contributed by atoms with Gasteiger partial charge >= 0.3 is 0 Å². The Morgan fingerprint density at radius 3 is 2.23 bits per heavy atom. The Hall–Kier alpha value is -3.85. The third kappa shape index (κ3) is 4.59. The Bertz CT molecular complexity index is 1430. The first-order chi connectivity index (χ1) is 16.7.